The minimum Gasteiger partial charge on any atom is -0.477 e. The molecule has 2 heterocycles. The van der Waals surface area contributed by atoms with Crippen LogP contribution in [0.2, 0.25) is 0 Å². The van der Waals surface area contributed by atoms with Gasteiger partial charge in [0.05, 0.1) is 23.7 Å². The van der Waals surface area contributed by atoms with Crippen LogP contribution >= 0.6 is 0 Å². The van der Waals surface area contributed by atoms with Crippen LogP contribution in [-0.4, -0.2) is 53.5 Å². The maximum absolute atomic E-state index is 12.7. The Morgan fingerprint density at radius 3 is 2.30 bits per heavy atom. The van der Waals surface area contributed by atoms with Gasteiger partial charge in [-0.2, -0.15) is 5.10 Å². The third-order valence-electron chi connectivity index (χ3n) is 6.14. The van der Waals surface area contributed by atoms with Crippen molar-refractivity contribution in [3.05, 3.63) is 71.4 Å². The summed E-state index contributed by atoms with van der Waals surface area (Å²) in [4.78, 5) is 24.3. The molecule has 2 aliphatic rings. The number of benzene rings is 2. The number of fused-ring (bicyclic) bond motifs is 3. The number of hydrogen-bond donors (Lipinski definition) is 2. The second-order valence-electron chi connectivity index (χ2n) is 8.16. The summed E-state index contributed by atoms with van der Waals surface area (Å²) in [5.74, 6) is -1.68. The molecule has 1 fully saturated rings. The van der Waals surface area contributed by atoms with E-state index in [1.54, 1.807) is 0 Å². The molecule has 1 aliphatic carbocycles. The SMILES string of the molecule is O=C(Nc1c(C(=O)O)cnn1C1CCS(=O)(=O)C1)OCC1c2ccccc2-c2ccccc21. The number of carboxylic acid groups (broad SMARTS) is 1. The standard InChI is InChI=1S/C23H21N3O6S/c27-22(28)19-11-24-26(14-9-10-33(30,31)13-14)21(19)25-23(29)32-12-20-17-7-3-1-5-15(17)16-6-2-4-8-18(16)20/h1-8,11,14,20H,9-10,12-13H2,(H,25,29)(H,27,28). The predicted molar refractivity (Wildman–Crippen MR) is 120 cm³/mol. The zero-order chi connectivity index (χ0) is 23.2. The zero-order valence-corrected chi connectivity index (χ0v) is 18.3. The normalized spacial score (nSPS) is 18.5. The number of nitrogens with one attached hydrogen (secondary N) is 1. The van der Waals surface area contributed by atoms with Gasteiger partial charge in [-0.3, -0.25) is 5.32 Å². The largest absolute Gasteiger partial charge is 0.477 e. The van der Waals surface area contributed by atoms with Gasteiger partial charge < -0.3 is 9.84 Å². The van der Waals surface area contributed by atoms with Crippen LogP contribution < -0.4 is 5.32 Å². The van der Waals surface area contributed by atoms with Crippen LogP contribution in [-0.2, 0) is 14.6 Å². The van der Waals surface area contributed by atoms with Gasteiger partial charge in [-0.15, -0.1) is 0 Å². The number of anilines is 1. The van der Waals surface area contributed by atoms with Crippen molar-refractivity contribution >= 4 is 27.7 Å². The molecule has 1 aromatic heterocycles. The van der Waals surface area contributed by atoms with Gasteiger partial charge in [-0.05, 0) is 28.7 Å². The van der Waals surface area contributed by atoms with Crippen molar-refractivity contribution in [2.24, 2.45) is 0 Å². The van der Waals surface area contributed by atoms with E-state index >= 15 is 0 Å². The number of aromatic nitrogens is 2. The van der Waals surface area contributed by atoms with Gasteiger partial charge in [0.25, 0.3) is 0 Å². The summed E-state index contributed by atoms with van der Waals surface area (Å²) >= 11 is 0. The minimum absolute atomic E-state index is 0.00961. The van der Waals surface area contributed by atoms with Crippen molar-refractivity contribution in [1.82, 2.24) is 9.78 Å². The van der Waals surface area contributed by atoms with Crippen molar-refractivity contribution in [3.63, 3.8) is 0 Å². The lowest BCUT2D eigenvalue weighted by atomic mass is 9.98. The number of hydrogen-bond acceptors (Lipinski definition) is 6. The van der Waals surface area contributed by atoms with Crippen LogP contribution in [0, 0.1) is 0 Å². The predicted octanol–water partition coefficient (Wildman–Crippen LogP) is 3.30. The molecule has 1 unspecified atom stereocenters. The number of carbonyl (C=O) groups is 2. The lowest BCUT2D eigenvalue weighted by Gasteiger charge is -2.17. The molecule has 3 aromatic rings. The van der Waals surface area contributed by atoms with Crippen LogP contribution in [0.25, 0.3) is 11.1 Å². The summed E-state index contributed by atoms with van der Waals surface area (Å²) in [7, 11) is -3.23. The molecule has 1 atom stereocenters. The van der Waals surface area contributed by atoms with Crippen molar-refractivity contribution in [3.8, 4) is 11.1 Å². The third-order valence-corrected chi connectivity index (χ3v) is 7.89. The molecule has 1 amide bonds. The Kier molecular flexibility index (Phi) is 5.16. The van der Waals surface area contributed by atoms with Crippen LogP contribution in [0.3, 0.4) is 0 Å². The number of rotatable bonds is 5. The van der Waals surface area contributed by atoms with Gasteiger partial charge in [-0.1, -0.05) is 48.5 Å². The number of sulfone groups is 1. The molecule has 33 heavy (non-hydrogen) atoms. The van der Waals surface area contributed by atoms with Crippen LogP contribution in [0.5, 0.6) is 0 Å². The first kappa shape index (κ1) is 21.2. The molecular formula is C23H21N3O6S. The molecule has 0 radical (unpaired) electrons. The Morgan fingerprint density at radius 1 is 1.09 bits per heavy atom. The van der Waals surface area contributed by atoms with Gasteiger partial charge in [0.15, 0.2) is 9.84 Å². The van der Waals surface area contributed by atoms with Crippen LogP contribution in [0.15, 0.2) is 54.7 Å². The fourth-order valence-corrected chi connectivity index (χ4v) is 6.31. The van der Waals surface area contributed by atoms with Crippen molar-refractivity contribution in [1.29, 1.82) is 0 Å². The monoisotopic (exact) mass is 467 g/mol. The lowest BCUT2D eigenvalue weighted by Crippen LogP contribution is -2.23. The molecule has 10 heteroatoms. The Hall–Kier alpha value is -3.66. The first-order valence-electron chi connectivity index (χ1n) is 10.5. The second-order valence-corrected chi connectivity index (χ2v) is 10.4. The van der Waals surface area contributed by atoms with E-state index in [2.05, 4.69) is 10.4 Å². The van der Waals surface area contributed by atoms with E-state index in [1.807, 2.05) is 48.5 Å². The second kappa shape index (κ2) is 8.04. The highest BCUT2D eigenvalue weighted by atomic mass is 32.2. The molecule has 0 saturated carbocycles. The van der Waals surface area contributed by atoms with Gasteiger partial charge in [0.2, 0.25) is 0 Å². The maximum Gasteiger partial charge on any atom is 0.412 e. The van der Waals surface area contributed by atoms with E-state index in [-0.39, 0.29) is 35.4 Å². The number of amides is 1. The average Bonchev–Trinajstić information content (AvgIpc) is 3.46. The fraction of sp³-hybridized carbons (Fsp3) is 0.261. The van der Waals surface area contributed by atoms with E-state index in [4.69, 9.17) is 4.74 Å². The number of ether oxygens (including phenoxy) is 1. The number of carboxylic acids is 1. The van der Waals surface area contributed by atoms with Gasteiger partial charge in [0, 0.05) is 5.92 Å². The summed E-state index contributed by atoms with van der Waals surface area (Å²) in [6.45, 7) is 0.0637. The molecule has 5 rings (SSSR count). The molecule has 2 N–H and O–H groups in total. The zero-order valence-electron chi connectivity index (χ0n) is 17.5. The number of nitrogens with zero attached hydrogens (tertiary/aromatic N) is 2. The van der Waals surface area contributed by atoms with Gasteiger partial charge in [0.1, 0.15) is 18.0 Å². The molecule has 170 valence electrons. The highest BCUT2D eigenvalue weighted by Crippen LogP contribution is 2.44. The summed E-state index contributed by atoms with van der Waals surface area (Å²) in [5.41, 5.74) is 4.07. The topological polar surface area (TPSA) is 128 Å². The fourth-order valence-electron chi connectivity index (χ4n) is 4.62. The first-order chi connectivity index (χ1) is 15.8. The summed E-state index contributed by atoms with van der Waals surface area (Å²) < 4.78 is 30.5. The summed E-state index contributed by atoms with van der Waals surface area (Å²) in [6, 6.07) is 15.3. The molecule has 0 bridgehead atoms. The molecule has 2 aromatic carbocycles. The van der Waals surface area contributed by atoms with Crippen molar-refractivity contribution in [2.45, 2.75) is 18.4 Å². The Morgan fingerprint density at radius 2 is 1.73 bits per heavy atom. The smallest absolute Gasteiger partial charge is 0.412 e. The van der Waals surface area contributed by atoms with E-state index in [1.165, 1.54) is 4.68 Å². The summed E-state index contributed by atoms with van der Waals surface area (Å²) in [5, 5.41) is 16.0. The Bertz CT molecular complexity index is 1320. The van der Waals surface area contributed by atoms with E-state index in [0.29, 0.717) is 6.42 Å². The maximum atomic E-state index is 12.7. The lowest BCUT2D eigenvalue weighted by molar-refractivity contribution is 0.0698. The highest BCUT2D eigenvalue weighted by molar-refractivity contribution is 7.91. The van der Waals surface area contributed by atoms with E-state index in [0.717, 1.165) is 28.5 Å². The van der Waals surface area contributed by atoms with Gasteiger partial charge >= 0.3 is 12.1 Å². The first-order valence-corrected chi connectivity index (χ1v) is 12.3. The average molecular weight is 468 g/mol. The summed E-state index contributed by atoms with van der Waals surface area (Å²) in [6.07, 6.45) is 0.566. The van der Waals surface area contributed by atoms with Gasteiger partial charge in [-0.25, -0.2) is 22.7 Å². The quantitative estimate of drug-likeness (QED) is 0.589. The van der Waals surface area contributed by atoms with Crippen LogP contribution in [0.4, 0.5) is 10.6 Å². The van der Waals surface area contributed by atoms with Crippen molar-refractivity contribution in [2.75, 3.05) is 23.4 Å². The van der Waals surface area contributed by atoms with E-state index < -0.39 is 27.9 Å². The number of carbonyl (C=O) groups excluding carboxylic acids is 1. The third kappa shape index (κ3) is 3.86. The molecule has 1 saturated heterocycles. The minimum atomic E-state index is -3.23. The van der Waals surface area contributed by atoms with E-state index in [9.17, 15) is 23.1 Å². The van der Waals surface area contributed by atoms with Crippen molar-refractivity contribution < 1.29 is 27.9 Å². The Balaban J connectivity index is 1.35. The molecule has 9 nitrogen and oxygen atoms in total. The molecule has 0 spiro atoms. The Labute approximate surface area is 189 Å². The number of aromatic carboxylic acids is 1. The molecule has 1 aliphatic heterocycles. The van der Waals surface area contributed by atoms with Crippen LogP contribution in [0.1, 0.15) is 39.9 Å². The molecular weight excluding hydrogens is 446 g/mol. The highest BCUT2D eigenvalue weighted by Gasteiger charge is 2.34.